The lowest BCUT2D eigenvalue weighted by Gasteiger charge is -2.28. The number of amides is 3. The number of rotatable bonds is 5. The van der Waals surface area contributed by atoms with Crippen LogP contribution in [0.4, 0.5) is 4.79 Å². The van der Waals surface area contributed by atoms with E-state index in [1.807, 2.05) is 19.9 Å². The van der Waals surface area contributed by atoms with Gasteiger partial charge >= 0.3 is 6.03 Å². The van der Waals surface area contributed by atoms with Crippen LogP contribution < -0.4 is 10.1 Å². The lowest BCUT2D eigenvalue weighted by atomic mass is 9.94. The Morgan fingerprint density at radius 1 is 1.22 bits per heavy atom. The third kappa shape index (κ3) is 4.02. The minimum absolute atomic E-state index is 0.0322. The molecule has 0 bridgehead atoms. The molecule has 27 heavy (non-hydrogen) atoms. The maximum Gasteiger partial charge on any atom is 0.329 e. The van der Waals surface area contributed by atoms with Gasteiger partial charge in [0.25, 0.3) is 5.91 Å². The minimum atomic E-state index is -0.286. The van der Waals surface area contributed by atoms with Gasteiger partial charge in [0.15, 0.2) is 0 Å². The van der Waals surface area contributed by atoms with Crippen molar-refractivity contribution < 1.29 is 14.3 Å². The van der Waals surface area contributed by atoms with Gasteiger partial charge in [-0.05, 0) is 67.5 Å². The van der Waals surface area contributed by atoms with Gasteiger partial charge in [-0.3, -0.25) is 9.69 Å². The number of carbonyl (C=O) groups excluding carboxylic acids is 2. The van der Waals surface area contributed by atoms with Gasteiger partial charge in [-0.1, -0.05) is 33.1 Å². The summed E-state index contributed by atoms with van der Waals surface area (Å²) in [6, 6.07) is 3.84. The van der Waals surface area contributed by atoms with Crippen LogP contribution in [0.2, 0.25) is 0 Å². The van der Waals surface area contributed by atoms with Crippen molar-refractivity contribution in [2.24, 2.45) is 0 Å². The SMILES string of the molecule is CCOc1cc(C)c(/C=C2\NC(=O)N(C3CCCCC3)C2=O)cc1C(C)C. The average Bonchev–Trinajstić information content (AvgIpc) is 2.91. The summed E-state index contributed by atoms with van der Waals surface area (Å²) in [6.45, 7) is 8.83. The largest absolute Gasteiger partial charge is 0.494 e. The maximum absolute atomic E-state index is 12.9. The van der Waals surface area contributed by atoms with Crippen LogP contribution in [0.25, 0.3) is 6.08 Å². The molecule has 3 rings (SSSR count). The van der Waals surface area contributed by atoms with Gasteiger partial charge in [0.2, 0.25) is 0 Å². The summed E-state index contributed by atoms with van der Waals surface area (Å²) in [5, 5.41) is 2.78. The summed E-state index contributed by atoms with van der Waals surface area (Å²) in [6.07, 6.45) is 6.97. The highest BCUT2D eigenvalue weighted by Crippen LogP contribution is 2.32. The third-order valence-corrected chi connectivity index (χ3v) is 5.47. The van der Waals surface area contributed by atoms with Crippen LogP contribution >= 0.6 is 0 Å². The van der Waals surface area contributed by atoms with E-state index >= 15 is 0 Å². The van der Waals surface area contributed by atoms with Gasteiger partial charge in [0.1, 0.15) is 11.4 Å². The molecule has 2 aliphatic rings. The fraction of sp³-hybridized carbons (Fsp3) is 0.545. The van der Waals surface area contributed by atoms with Crippen LogP contribution in [0.1, 0.15) is 75.5 Å². The predicted octanol–water partition coefficient (Wildman–Crippen LogP) is 4.74. The fourth-order valence-corrected chi connectivity index (χ4v) is 3.98. The molecule has 0 spiro atoms. The van der Waals surface area contributed by atoms with Crippen LogP contribution in [0.5, 0.6) is 5.75 Å². The molecule has 1 saturated carbocycles. The zero-order chi connectivity index (χ0) is 19.6. The van der Waals surface area contributed by atoms with Crippen molar-refractivity contribution >= 4 is 18.0 Å². The number of hydrogen-bond acceptors (Lipinski definition) is 3. The lowest BCUT2D eigenvalue weighted by Crippen LogP contribution is -2.41. The molecule has 5 nitrogen and oxygen atoms in total. The number of benzene rings is 1. The molecule has 1 aliphatic heterocycles. The Labute approximate surface area is 161 Å². The number of nitrogens with zero attached hydrogens (tertiary/aromatic N) is 1. The highest BCUT2D eigenvalue weighted by Gasteiger charge is 2.39. The second-order valence-electron chi connectivity index (χ2n) is 7.79. The first-order chi connectivity index (χ1) is 12.9. The van der Waals surface area contributed by atoms with Gasteiger partial charge < -0.3 is 10.1 Å². The highest BCUT2D eigenvalue weighted by atomic mass is 16.5. The van der Waals surface area contributed by atoms with Crippen molar-refractivity contribution in [3.63, 3.8) is 0 Å². The van der Waals surface area contributed by atoms with Crippen molar-refractivity contribution in [1.29, 1.82) is 0 Å². The summed E-state index contributed by atoms with van der Waals surface area (Å²) >= 11 is 0. The normalized spacial score (nSPS) is 19.9. The lowest BCUT2D eigenvalue weighted by molar-refractivity contribution is -0.124. The molecule has 5 heteroatoms. The Morgan fingerprint density at radius 2 is 1.93 bits per heavy atom. The fourth-order valence-electron chi connectivity index (χ4n) is 3.98. The summed E-state index contributed by atoms with van der Waals surface area (Å²) in [7, 11) is 0. The molecule has 1 aromatic rings. The number of nitrogens with one attached hydrogen (secondary N) is 1. The molecule has 0 radical (unpaired) electrons. The van der Waals surface area contributed by atoms with Crippen molar-refractivity contribution in [3.8, 4) is 5.75 Å². The zero-order valence-corrected chi connectivity index (χ0v) is 16.8. The molecular formula is C22H30N2O3. The summed E-state index contributed by atoms with van der Waals surface area (Å²) in [5.41, 5.74) is 3.44. The van der Waals surface area contributed by atoms with E-state index in [0.29, 0.717) is 18.2 Å². The molecule has 146 valence electrons. The number of hydrogen-bond donors (Lipinski definition) is 1. The van der Waals surface area contributed by atoms with Crippen molar-refractivity contribution in [1.82, 2.24) is 10.2 Å². The average molecular weight is 370 g/mol. The first-order valence-corrected chi connectivity index (χ1v) is 10.1. The van der Waals surface area contributed by atoms with E-state index in [2.05, 4.69) is 25.2 Å². The Hall–Kier alpha value is -2.30. The predicted molar refractivity (Wildman–Crippen MR) is 107 cm³/mol. The van der Waals surface area contributed by atoms with Gasteiger partial charge in [-0.2, -0.15) is 0 Å². The van der Waals surface area contributed by atoms with Gasteiger partial charge in [-0.15, -0.1) is 0 Å². The van der Waals surface area contributed by atoms with E-state index in [0.717, 1.165) is 48.1 Å². The highest BCUT2D eigenvalue weighted by molar-refractivity contribution is 6.14. The van der Waals surface area contributed by atoms with E-state index in [1.165, 1.54) is 11.3 Å². The molecule has 0 atom stereocenters. The molecule has 1 heterocycles. The Balaban J connectivity index is 1.91. The van der Waals surface area contributed by atoms with Gasteiger partial charge in [0, 0.05) is 6.04 Å². The number of urea groups is 1. The van der Waals surface area contributed by atoms with Crippen LogP contribution in [-0.4, -0.2) is 29.5 Å². The van der Waals surface area contributed by atoms with Crippen LogP contribution in [0.3, 0.4) is 0 Å². The quantitative estimate of drug-likeness (QED) is 0.601. The molecule has 1 N–H and O–H groups in total. The van der Waals surface area contributed by atoms with Crippen LogP contribution in [-0.2, 0) is 4.79 Å². The number of aryl methyl sites for hydroxylation is 1. The minimum Gasteiger partial charge on any atom is -0.494 e. The Morgan fingerprint density at radius 3 is 2.56 bits per heavy atom. The second-order valence-corrected chi connectivity index (χ2v) is 7.79. The van der Waals surface area contributed by atoms with Gasteiger partial charge in [-0.25, -0.2) is 4.79 Å². The summed E-state index contributed by atoms with van der Waals surface area (Å²) in [4.78, 5) is 26.7. The maximum atomic E-state index is 12.9. The standard InChI is InChI=1S/C22H30N2O3/c1-5-27-20-11-15(4)16(12-18(20)14(2)3)13-19-21(25)24(22(26)23-19)17-9-7-6-8-10-17/h11-14,17H,5-10H2,1-4H3,(H,23,26)/b19-13-. The molecule has 2 fully saturated rings. The molecule has 1 saturated heterocycles. The topological polar surface area (TPSA) is 58.6 Å². The Bertz CT molecular complexity index is 761. The molecule has 1 aliphatic carbocycles. The van der Waals surface area contributed by atoms with Crippen molar-refractivity contribution in [2.75, 3.05) is 6.61 Å². The number of imide groups is 1. The molecule has 0 unspecified atom stereocenters. The van der Waals surface area contributed by atoms with Crippen molar-refractivity contribution in [3.05, 3.63) is 34.5 Å². The molecule has 0 aromatic heterocycles. The third-order valence-electron chi connectivity index (χ3n) is 5.47. The van der Waals surface area contributed by atoms with Gasteiger partial charge in [0.05, 0.1) is 6.61 Å². The number of ether oxygens (including phenoxy) is 1. The van der Waals surface area contributed by atoms with E-state index in [-0.39, 0.29) is 18.0 Å². The summed E-state index contributed by atoms with van der Waals surface area (Å²) < 4.78 is 5.77. The summed E-state index contributed by atoms with van der Waals surface area (Å²) in [5.74, 6) is 0.987. The smallest absolute Gasteiger partial charge is 0.329 e. The zero-order valence-electron chi connectivity index (χ0n) is 16.8. The van der Waals surface area contributed by atoms with E-state index in [4.69, 9.17) is 4.74 Å². The van der Waals surface area contributed by atoms with E-state index in [1.54, 1.807) is 6.08 Å². The molecule has 1 aromatic carbocycles. The number of carbonyl (C=O) groups is 2. The van der Waals surface area contributed by atoms with E-state index < -0.39 is 0 Å². The second kappa shape index (κ2) is 8.15. The monoisotopic (exact) mass is 370 g/mol. The molecule has 3 amide bonds. The van der Waals surface area contributed by atoms with E-state index in [9.17, 15) is 9.59 Å². The van der Waals surface area contributed by atoms with Crippen LogP contribution in [0, 0.1) is 6.92 Å². The first-order valence-electron chi connectivity index (χ1n) is 10.1. The Kier molecular flexibility index (Phi) is 5.88. The van der Waals surface area contributed by atoms with Crippen molar-refractivity contribution in [2.45, 2.75) is 71.8 Å². The molecular weight excluding hydrogens is 340 g/mol. The first kappa shape index (κ1) is 19.5. The van der Waals surface area contributed by atoms with Crippen LogP contribution in [0.15, 0.2) is 17.8 Å².